The molecule has 0 atom stereocenters. The molecular weight excluding hydrogens is 268 g/mol. The van der Waals surface area contributed by atoms with Crippen molar-refractivity contribution < 1.29 is 13.6 Å². The summed E-state index contributed by atoms with van der Waals surface area (Å²) in [6.45, 7) is 1.65. The average Bonchev–Trinajstić information content (AvgIpc) is 2.39. The Kier molecular flexibility index (Phi) is 3.51. The summed E-state index contributed by atoms with van der Waals surface area (Å²) >= 11 is 0. The number of aryl methyl sites for hydroxylation is 1. The molecule has 1 aromatic heterocycles. The van der Waals surface area contributed by atoms with E-state index < -0.39 is 28.7 Å². The largest absolute Gasteiger partial charge is 0.397 e. The molecule has 1 aromatic carbocycles. The van der Waals surface area contributed by atoms with Crippen molar-refractivity contribution in [2.24, 2.45) is 0 Å². The molecule has 0 aliphatic heterocycles. The van der Waals surface area contributed by atoms with Crippen LogP contribution in [0.4, 0.5) is 20.2 Å². The minimum atomic E-state index is -1.28. The molecule has 20 heavy (non-hydrogen) atoms. The number of halogens is 2. The van der Waals surface area contributed by atoms with Gasteiger partial charge in [0.25, 0.3) is 5.91 Å². The first-order chi connectivity index (χ1) is 9.40. The Morgan fingerprint density at radius 1 is 1.35 bits per heavy atom. The summed E-state index contributed by atoms with van der Waals surface area (Å²) < 4.78 is 26.6. The zero-order valence-electron chi connectivity index (χ0n) is 10.5. The lowest BCUT2D eigenvalue weighted by Crippen LogP contribution is -2.22. The number of nitrogen functional groups attached to an aromatic ring is 1. The van der Waals surface area contributed by atoms with Crippen LogP contribution in [0.5, 0.6) is 0 Å². The van der Waals surface area contributed by atoms with Crippen molar-refractivity contribution in [1.82, 2.24) is 4.98 Å². The number of hydrogen-bond acceptors (Lipinski definition) is 3. The number of aromatic nitrogens is 1. The highest BCUT2D eigenvalue weighted by atomic mass is 19.2. The summed E-state index contributed by atoms with van der Waals surface area (Å²) in [6.07, 6.45) is 1.19. The minimum absolute atomic E-state index is 0.138. The Morgan fingerprint density at radius 3 is 2.70 bits per heavy atom. The number of pyridine rings is 1. The summed E-state index contributed by atoms with van der Waals surface area (Å²) in [5.41, 5.74) is 4.66. The quantitative estimate of drug-likeness (QED) is 0.732. The van der Waals surface area contributed by atoms with Gasteiger partial charge >= 0.3 is 0 Å². The van der Waals surface area contributed by atoms with Crippen molar-refractivity contribution in [3.63, 3.8) is 0 Å². The van der Waals surface area contributed by atoms with Gasteiger partial charge in [-0.15, -0.1) is 0 Å². The highest BCUT2D eigenvalue weighted by Gasteiger charge is 2.17. The minimum Gasteiger partial charge on any atom is -0.397 e. The Hall–Kier alpha value is -2.70. The standard InChI is InChI=1S/C13H11F2N3O2/c1-6-4-10(19)7(5-17-6)13(20)18-12-9(16)3-2-8(14)11(12)15/h2-5H,16H2,1H3,(H,17,19)(H,18,20). The number of H-pyrrole nitrogens is 1. The first-order valence-electron chi connectivity index (χ1n) is 5.64. The lowest BCUT2D eigenvalue weighted by molar-refractivity contribution is 0.102. The molecule has 5 nitrogen and oxygen atoms in total. The van der Waals surface area contributed by atoms with E-state index in [1.807, 2.05) is 0 Å². The van der Waals surface area contributed by atoms with Crippen LogP contribution in [0.15, 0.2) is 29.2 Å². The third kappa shape index (κ3) is 2.51. The number of aromatic amines is 1. The van der Waals surface area contributed by atoms with Crippen molar-refractivity contribution in [3.05, 3.63) is 57.5 Å². The van der Waals surface area contributed by atoms with E-state index in [2.05, 4.69) is 10.3 Å². The topological polar surface area (TPSA) is 88.0 Å². The maximum atomic E-state index is 13.5. The Bertz CT molecular complexity index is 741. The Labute approximate surface area is 112 Å². The SMILES string of the molecule is Cc1cc(=O)c(C(=O)Nc2c(N)ccc(F)c2F)c[nH]1. The van der Waals surface area contributed by atoms with Gasteiger partial charge in [-0.25, -0.2) is 8.78 Å². The van der Waals surface area contributed by atoms with Gasteiger partial charge in [-0.2, -0.15) is 0 Å². The zero-order chi connectivity index (χ0) is 14.9. The van der Waals surface area contributed by atoms with Crippen LogP contribution in [-0.2, 0) is 0 Å². The van der Waals surface area contributed by atoms with E-state index in [1.54, 1.807) is 6.92 Å². The average molecular weight is 279 g/mol. The normalized spacial score (nSPS) is 10.3. The molecule has 2 rings (SSSR count). The van der Waals surface area contributed by atoms with Crippen LogP contribution < -0.4 is 16.5 Å². The number of amides is 1. The van der Waals surface area contributed by atoms with Crippen LogP contribution in [0.25, 0.3) is 0 Å². The fraction of sp³-hybridized carbons (Fsp3) is 0.0769. The lowest BCUT2D eigenvalue weighted by Gasteiger charge is -2.09. The molecule has 0 aliphatic carbocycles. The van der Waals surface area contributed by atoms with Gasteiger partial charge in [0.15, 0.2) is 17.1 Å². The van der Waals surface area contributed by atoms with Crippen LogP contribution >= 0.6 is 0 Å². The predicted molar refractivity (Wildman–Crippen MR) is 70.5 cm³/mol. The molecule has 1 amide bonds. The van der Waals surface area contributed by atoms with Crippen molar-refractivity contribution in [2.75, 3.05) is 11.1 Å². The number of carbonyl (C=O) groups excluding carboxylic acids is 1. The fourth-order valence-corrected chi connectivity index (χ4v) is 1.62. The van der Waals surface area contributed by atoms with Crippen molar-refractivity contribution in [1.29, 1.82) is 0 Å². The monoisotopic (exact) mass is 279 g/mol. The number of carbonyl (C=O) groups is 1. The predicted octanol–water partition coefficient (Wildman–Crippen LogP) is 1.80. The smallest absolute Gasteiger partial charge is 0.261 e. The number of nitrogens with one attached hydrogen (secondary N) is 2. The summed E-state index contributed by atoms with van der Waals surface area (Å²) in [7, 11) is 0. The summed E-state index contributed by atoms with van der Waals surface area (Å²) in [5, 5.41) is 2.10. The third-order valence-electron chi connectivity index (χ3n) is 2.67. The molecule has 1 heterocycles. The second-order valence-corrected chi connectivity index (χ2v) is 4.17. The molecule has 0 spiro atoms. The fourth-order valence-electron chi connectivity index (χ4n) is 1.62. The van der Waals surface area contributed by atoms with E-state index >= 15 is 0 Å². The third-order valence-corrected chi connectivity index (χ3v) is 2.67. The molecule has 0 saturated heterocycles. The van der Waals surface area contributed by atoms with Crippen LogP contribution in [0.1, 0.15) is 16.1 Å². The van der Waals surface area contributed by atoms with E-state index in [0.29, 0.717) is 5.69 Å². The first-order valence-corrected chi connectivity index (χ1v) is 5.64. The van der Waals surface area contributed by atoms with Gasteiger partial charge in [-0.05, 0) is 19.1 Å². The molecule has 0 fully saturated rings. The molecule has 0 aliphatic rings. The van der Waals surface area contributed by atoms with E-state index in [1.165, 1.54) is 12.3 Å². The summed E-state index contributed by atoms with van der Waals surface area (Å²) in [4.78, 5) is 26.2. The highest BCUT2D eigenvalue weighted by molar-refractivity contribution is 6.05. The second kappa shape index (κ2) is 5.12. The number of benzene rings is 1. The molecule has 2 aromatic rings. The molecule has 0 radical (unpaired) electrons. The van der Waals surface area contributed by atoms with Crippen LogP contribution in [0.3, 0.4) is 0 Å². The van der Waals surface area contributed by atoms with Crippen LogP contribution in [-0.4, -0.2) is 10.9 Å². The molecule has 104 valence electrons. The van der Waals surface area contributed by atoms with Crippen molar-refractivity contribution in [3.8, 4) is 0 Å². The van der Waals surface area contributed by atoms with Gasteiger partial charge in [0.2, 0.25) is 0 Å². The van der Waals surface area contributed by atoms with Gasteiger partial charge in [-0.1, -0.05) is 0 Å². The molecule has 4 N–H and O–H groups in total. The van der Waals surface area contributed by atoms with Crippen molar-refractivity contribution in [2.45, 2.75) is 6.92 Å². The molecule has 0 unspecified atom stereocenters. The van der Waals surface area contributed by atoms with E-state index in [-0.39, 0.29) is 11.3 Å². The molecule has 7 heteroatoms. The van der Waals surface area contributed by atoms with Gasteiger partial charge in [0.1, 0.15) is 11.3 Å². The first kappa shape index (κ1) is 13.7. The highest BCUT2D eigenvalue weighted by Crippen LogP contribution is 2.24. The van der Waals surface area contributed by atoms with E-state index in [4.69, 9.17) is 5.73 Å². The molecule has 0 bridgehead atoms. The second-order valence-electron chi connectivity index (χ2n) is 4.17. The van der Waals surface area contributed by atoms with Gasteiger partial charge in [0.05, 0.1) is 5.69 Å². The van der Waals surface area contributed by atoms with Crippen LogP contribution in [0, 0.1) is 18.6 Å². The summed E-state index contributed by atoms with van der Waals surface area (Å²) in [6, 6.07) is 3.19. The maximum Gasteiger partial charge on any atom is 0.261 e. The van der Waals surface area contributed by atoms with Gasteiger partial charge in [0, 0.05) is 18.0 Å². The lowest BCUT2D eigenvalue weighted by atomic mass is 10.2. The van der Waals surface area contributed by atoms with Gasteiger partial charge in [-0.3, -0.25) is 9.59 Å². The zero-order valence-corrected chi connectivity index (χ0v) is 10.5. The Balaban J connectivity index is 2.38. The number of nitrogens with two attached hydrogens (primary N) is 1. The van der Waals surface area contributed by atoms with E-state index in [0.717, 1.165) is 12.1 Å². The number of rotatable bonds is 2. The Morgan fingerprint density at radius 2 is 2.05 bits per heavy atom. The van der Waals surface area contributed by atoms with Crippen molar-refractivity contribution >= 4 is 17.3 Å². The van der Waals surface area contributed by atoms with Crippen LogP contribution in [0.2, 0.25) is 0 Å². The number of hydrogen-bond donors (Lipinski definition) is 3. The molecule has 0 saturated carbocycles. The van der Waals surface area contributed by atoms with Gasteiger partial charge < -0.3 is 16.0 Å². The number of anilines is 2. The summed E-state index contributed by atoms with van der Waals surface area (Å²) in [5.74, 6) is -3.29. The molecular formula is C13H11F2N3O2. The maximum absolute atomic E-state index is 13.5. The van der Waals surface area contributed by atoms with E-state index in [9.17, 15) is 18.4 Å².